The Hall–Kier alpha value is -3.69. The summed E-state index contributed by atoms with van der Waals surface area (Å²) < 4.78 is 34.0. The number of hydrogen-bond acceptors (Lipinski definition) is 6. The number of ether oxygens (including phenoxy) is 1. The molecule has 27 heavy (non-hydrogen) atoms. The molecule has 0 radical (unpaired) electrons. The Kier molecular flexibility index (Phi) is 3.87. The number of esters is 1. The molecule has 0 unspecified atom stereocenters. The molecule has 0 aliphatic carbocycles. The normalized spacial score (nSPS) is 11.2. The summed E-state index contributed by atoms with van der Waals surface area (Å²) in [5, 5.41) is 11.9. The third-order valence-corrected chi connectivity index (χ3v) is 3.94. The molecule has 3 aromatic heterocycles. The topological polar surface area (TPSA) is 91.4 Å². The van der Waals surface area contributed by atoms with Crippen molar-refractivity contribution in [2.24, 2.45) is 0 Å². The Labute approximate surface area is 149 Å². The molecule has 3 heterocycles. The lowest BCUT2D eigenvalue weighted by atomic mass is 10.2. The van der Waals surface area contributed by atoms with Gasteiger partial charge >= 0.3 is 5.97 Å². The van der Waals surface area contributed by atoms with E-state index in [2.05, 4.69) is 15.3 Å². The van der Waals surface area contributed by atoms with E-state index in [4.69, 9.17) is 4.74 Å². The van der Waals surface area contributed by atoms with Gasteiger partial charge in [0.15, 0.2) is 22.8 Å². The van der Waals surface area contributed by atoms with E-state index in [-0.39, 0.29) is 29.0 Å². The van der Waals surface area contributed by atoms with E-state index in [9.17, 15) is 18.4 Å². The first-order valence-electron chi connectivity index (χ1n) is 7.89. The molecule has 0 saturated carbocycles. The highest BCUT2D eigenvalue weighted by Crippen LogP contribution is 2.16. The minimum Gasteiger partial charge on any atom is -0.462 e. The number of pyridine rings is 1. The van der Waals surface area contributed by atoms with Crippen LogP contribution in [0.4, 0.5) is 8.78 Å². The monoisotopic (exact) mass is 371 g/mol. The first kappa shape index (κ1) is 16.8. The molecule has 0 saturated heterocycles. The summed E-state index contributed by atoms with van der Waals surface area (Å²) >= 11 is 0. The molecule has 0 spiro atoms. The van der Waals surface area contributed by atoms with Crippen molar-refractivity contribution in [1.29, 1.82) is 0 Å². The lowest BCUT2D eigenvalue weighted by molar-refractivity contribution is 0.0528. The van der Waals surface area contributed by atoms with Crippen LogP contribution < -0.4 is 5.56 Å². The van der Waals surface area contributed by atoms with Crippen LogP contribution in [0.5, 0.6) is 0 Å². The van der Waals surface area contributed by atoms with Crippen LogP contribution in [0.3, 0.4) is 0 Å². The van der Waals surface area contributed by atoms with Crippen molar-refractivity contribution in [1.82, 2.24) is 24.4 Å². The number of fused-ring (bicyclic) bond motifs is 3. The SMILES string of the molecule is CCOC(=O)c1cnn2c1nnc1c(=O)n(-c3ccc(F)c(F)c3)ccc12. The predicted molar refractivity (Wildman–Crippen MR) is 89.8 cm³/mol. The van der Waals surface area contributed by atoms with Gasteiger partial charge in [-0.3, -0.25) is 9.36 Å². The van der Waals surface area contributed by atoms with E-state index in [1.54, 1.807) is 6.92 Å². The summed E-state index contributed by atoms with van der Waals surface area (Å²) in [4.78, 5) is 24.7. The molecule has 0 N–H and O–H groups in total. The van der Waals surface area contributed by atoms with Gasteiger partial charge in [0, 0.05) is 12.3 Å². The molecule has 0 aliphatic rings. The highest BCUT2D eigenvalue weighted by molar-refractivity contribution is 5.96. The molecule has 1 aromatic carbocycles. The van der Waals surface area contributed by atoms with Crippen molar-refractivity contribution in [3.8, 4) is 5.69 Å². The molecule has 0 amide bonds. The van der Waals surface area contributed by atoms with Crippen molar-refractivity contribution in [2.75, 3.05) is 6.61 Å². The molecule has 4 aromatic rings. The van der Waals surface area contributed by atoms with Crippen molar-refractivity contribution < 1.29 is 18.3 Å². The van der Waals surface area contributed by atoms with Gasteiger partial charge in [0.2, 0.25) is 0 Å². The van der Waals surface area contributed by atoms with Crippen LogP contribution in [0.2, 0.25) is 0 Å². The average Bonchev–Trinajstić information content (AvgIpc) is 3.09. The fraction of sp³-hybridized carbons (Fsp3) is 0.118. The highest BCUT2D eigenvalue weighted by Gasteiger charge is 2.19. The molecular weight excluding hydrogens is 360 g/mol. The van der Waals surface area contributed by atoms with E-state index in [1.807, 2.05) is 0 Å². The minimum absolute atomic E-state index is 0.0479. The summed E-state index contributed by atoms with van der Waals surface area (Å²) in [7, 11) is 0. The zero-order valence-electron chi connectivity index (χ0n) is 13.9. The summed E-state index contributed by atoms with van der Waals surface area (Å²) in [5.41, 5.74) is 0.0612. The van der Waals surface area contributed by atoms with Crippen LogP contribution >= 0.6 is 0 Å². The number of nitrogens with zero attached hydrogens (tertiary/aromatic N) is 5. The molecule has 0 fully saturated rings. The van der Waals surface area contributed by atoms with Crippen LogP contribution in [0.25, 0.3) is 22.4 Å². The van der Waals surface area contributed by atoms with Crippen molar-refractivity contribution in [3.05, 3.63) is 64.2 Å². The quantitative estimate of drug-likeness (QED) is 0.511. The van der Waals surface area contributed by atoms with E-state index >= 15 is 0 Å². The molecule has 4 rings (SSSR count). The standard InChI is InChI=1S/C17H11F2N5O3/c1-2-27-17(26)10-8-20-24-13-5-6-23(9-3-4-11(18)12(19)7-9)16(25)14(13)21-22-15(10)24/h3-8H,2H2,1H3. The lowest BCUT2D eigenvalue weighted by Gasteiger charge is -2.08. The van der Waals surface area contributed by atoms with Gasteiger partial charge in [-0.1, -0.05) is 0 Å². The second-order valence-corrected chi connectivity index (χ2v) is 5.54. The average molecular weight is 371 g/mol. The molecule has 0 bridgehead atoms. The lowest BCUT2D eigenvalue weighted by Crippen LogP contribution is -2.20. The first-order chi connectivity index (χ1) is 13.0. The Balaban J connectivity index is 1.92. The zero-order chi connectivity index (χ0) is 19.1. The van der Waals surface area contributed by atoms with Crippen molar-refractivity contribution in [2.45, 2.75) is 6.92 Å². The number of benzene rings is 1. The van der Waals surface area contributed by atoms with Crippen LogP contribution in [-0.2, 0) is 4.74 Å². The van der Waals surface area contributed by atoms with E-state index in [1.165, 1.54) is 29.0 Å². The van der Waals surface area contributed by atoms with Crippen molar-refractivity contribution >= 4 is 22.6 Å². The van der Waals surface area contributed by atoms with Gasteiger partial charge in [0.1, 0.15) is 11.1 Å². The largest absolute Gasteiger partial charge is 0.462 e. The van der Waals surface area contributed by atoms with Gasteiger partial charge in [-0.05, 0) is 25.1 Å². The maximum absolute atomic E-state index is 13.5. The Morgan fingerprint density at radius 3 is 2.74 bits per heavy atom. The number of halogens is 2. The third kappa shape index (κ3) is 2.62. The van der Waals surface area contributed by atoms with E-state index < -0.39 is 23.2 Å². The third-order valence-electron chi connectivity index (χ3n) is 3.94. The molecule has 8 nitrogen and oxygen atoms in total. The zero-order valence-corrected chi connectivity index (χ0v) is 13.9. The van der Waals surface area contributed by atoms with Crippen LogP contribution in [-0.4, -0.2) is 37.0 Å². The van der Waals surface area contributed by atoms with Crippen LogP contribution in [0.1, 0.15) is 17.3 Å². The molecule has 136 valence electrons. The number of aromatic nitrogens is 5. The molecular formula is C17H11F2N5O3. The highest BCUT2D eigenvalue weighted by atomic mass is 19.2. The Morgan fingerprint density at radius 2 is 2.00 bits per heavy atom. The summed E-state index contributed by atoms with van der Waals surface area (Å²) in [5.74, 6) is -2.69. The van der Waals surface area contributed by atoms with Crippen molar-refractivity contribution in [3.63, 3.8) is 0 Å². The number of hydrogen-bond donors (Lipinski definition) is 0. The predicted octanol–water partition coefficient (Wildman–Crippen LogP) is 1.88. The maximum atomic E-state index is 13.5. The van der Waals surface area contributed by atoms with Gasteiger partial charge < -0.3 is 4.74 Å². The molecule has 0 aliphatic heterocycles. The Bertz CT molecular complexity index is 1260. The minimum atomic E-state index is -1.08. The first-order valence-corrected chi connectivity index (χ1v) is 7.89. The number of rotatable bonds is 3. The van der Waals surface area contributed by atoms with Gasteiger partial charge in [-0.15, -0.1) is 10.2 Å². The Morgan fingerprint density at radius 1 is 1.19 bits per heavy atom. The summed E-state index contributed by atoms with van der Waals surface area (Å²) in [6.07, 6.45) is 2.66. The summed E-state index contributed by atoms with van der Waals surface area (Å²) in [6.45, 7) is 1.86. The molecule has 10 heteroatoms. The van der Waals surface area contributed by atoms with Crippen LogP contribution in [0, 0.1) is 11.6 Å². The van der Waals surface area contributed by atoms with E-state index in [0.717, 1.165) is 16.7 Å². The van der Waals surface area contributed by atoms with Gasteiger partial charge in [-0.25, -0.2) is 18.1 Å². The van der Waals surface area contributed by atoms with Gasteiger partial charge in [0.25, 0.3) is 5.56 Å². The second kappa shape index (κ2) is 6.24. The fourth-order valence-corrected chi connectivity index (χ4v) is 2.68. The van der Waals surface area contributed by atoms with Gasteiger partial charge in [0.05, 0.1) is 18.5 Å². The molecule has 0 atom stereocenters. The fourth-order valence-electron chi connectivity index (χ4n) is 2.68. The van der Waals surface area contributed by atoms with E-state index in [0.29, 0.717) is 5.52 Å². The maximum Gasteiger partial charge on any atom is 0.343 e. The number of carbonyl (C=O) groups excluding carboxylic acids is 1. The number of carbonyl (C=O) groups is 1. The smallest absolute Gasteiger partial charge is 0.343 e. The van der Waals surface area contributed by atoms with Gasteiger partial charge in [-0.2, -0.15) is 5.10 Å². The van der Waals surface area contributed by atoms with Crippen LogP contribution in [0.15, 0.2) is 41.5 Å². The second-order valence-electron chi connectivity index (χ2n) is 5.54. The summed E-state index contributed by atoms with van der Waals surface area (Å²) in [6, 6.07) is 4.61.